The molecule has 0 N–H and O–H groups in total. The molecule has 2 fully saturated rings. The number of aromatic nitrogens is 1. The van der Waals surface area contributed by atoms with Gasteiger partial charge in [0.15, 0.2) is 5.78 Å². The third-order valence-electron chi connectivity index (χ3n) is 4.27. The van der Waals surface area contributed by atoms with Gasteiger partial charge in [0.25, 0.3) is 0 Å². The molecule has 4 nitrogen and oxygen atoms in total. The Balaban J connectivity index is 1.62. The lowest BCUT2D eigenvalue weighted by Crippen LogP contribution is -2.42. The van der Waals surface area contributed by atoms with Gasteiger partial charge in [-0.15, -0.1) is 0 Å². The number of ketones is 1. The van der Waals surface area contributed by atoms with Gasteiger partial charge in [0.05, 0.1) is 6.04 Å². The van der Waals surface area contributed by atoms with Crippen LogP contribution in [0.3, 0.4) is 0 Å². The molecule has 1 aliphatic carbocycles. The lowest BCUT2D eigenvalue weighted by molar-refractivity contribution is -0.137. The van der Waals surface area contributed by atoms with Crippen LogP contribution < -0.4 is 0 Å². The molecule has 0 radical (unpaired) electrons. The Morgan fingerprint density at radius 3 is 3.00 bits per heavy atom. The normalized spacial score (nSPS) is 28.1. The van der Waals surface area contributed by atoms with Gasteiger partial charge in [-0.3, -0.25) is 14.6 Å². The molecule has 1 aromatic heterocycles. The van der Waals surface area contributed by atoms with Gasteiger partial charge in [-0.2, -0.15) is 0 Å². The summed E-state index contributed by atoms with van der Waals surface area (Å²) in [4.78, 5) is 29.7. The molecular formula is C15H18N2O2. The molecule has 2 aliphatic rings. The number of nitrogens with zero attached hydrogens (tertiary/aromatic N) is 2. The number of pyridine rings is 1. The van der Waals surface area contributed by atoms with Gasteiger partial charge < -0.3 is 4.90 Å². The number of aryl methyl sites for hydroxylation is 1. The number of hydrogen-bond donors (Lipinski definition) is 0. The topological polar surface area (TPSA) is 50.3 Å². The first-order valence-electron chi connectivity index (χ1n) is 6.85. The fourth-order valence-corrected chi connectivity index (χ4v) is 3.16. The van der Waals surface area contributed by atoms with Crippen LogP contribution in [0.4, 0.5) is 0 Å². The summed E-state index contributed by atoms with van der Waals surface area (Å²) in [6.45, 7) is 2.34. The Morgan fingerprint density at radius 2 is 2.32 bits per heavy atom. The number of carbonyl (C=O) groups excluding carboxylic acids is 2. The van der Waals surface area contributed by atoms with Crippen LogP contribution in [0.5, 0.6) is 0 Å². The van der Waals surface area contributed by atoms with Gasteiger partial charge in [-0.1, -0.05) is 6.07 Å². The van der Waals surface area contributed by atoms with E-state index in [9.17, 15) is 9.59 Å². The molecule has 3 rings (SSSR count). The van der Waals surface area contributed by atoms with Gasteiger partial charge in [-0.25, -0.2) is 0 Å². The summed E-state index contributed by atoms with van der Waals surface area (Å²) in [5.74, 6) is 1.26. The third-order valence-corrected chi connectivity index (χ3v) is 4.27. The number of amides is 1. The number of Topliss-reactive ketones (excluding diaryl/α,β-unsaturated/α-hetero) is 1. The van der Waals surface area contributed by atoms with Crippen LogP contribution in [-0.4, -0.2) is 34.2 Å². The lowest BCUT2D eigenvalue weighted by atomic mass is 10.0. The molecule has 1 saturated heterocycles. The number of piperidine rings is 1. The summed E-state index contributed by atoms with van der Waals surface area (Å²) in [5, 5.41) is 0. The minimum Gasteiger partial charge on any atom is -0.332 e. The van der Waals surface area contributed by atoms with E-state index in [0.29, 0.717) is 24.7 Å². The zero-order valence-electron chi connectivity index (χ0n) is 11.1. The summed E-state index contributed by atoms with van der Waals surface area (Å²) in [7, 11) is 0. The van der Waals surface area contributed by atoms with Crippen LogP contribution in [0.25, 0.3) is 0 Å². The molecule has 1 aliphatic heterocycles. The highest BCUT2D eigenvalue weighted by Crippen LogP contribution is 2.50. The minimum atomic E-state index is -0.154. The third kappa shape index (κ3) is 2.39. The number of likely N-dealkylation sites (tertiary alicyclic amines) is 1. The second kappa shape index (κ2) is 4.76. The van der Waals surface area contributed by atoms with Crippen LogP contribution in [-0.2, 0) is 16.0 Å². The standard InChI is InChI=1S/C15H18N2O2/c1-10(18)17-9-12-7-13(12)15(17)14(19)5-4-11-3-2-6-16-8-11/h2-3,6,8,12-13,15H,4-5,7,9H2,1H3/t12?,13-,15?/m0/s1. The maximum Gasteiger partial charge on any atom is 0.220 e. The van der Waals surface area contributed by atoms with Crippen molar-refractivity contribution in [3.63, 3.8) is 0 Å². The van der Waals surface area contributed by atoms with E-state index in [2.05, 4.69) is 4.98 Å². The quantitative estimate of drug-likeness (QED) is 0.821. The zero-order chi connectivity index (χ0) is 13.4. The minimum absolute atomic E-state index is 0.0342. The molecule has 19 heavy (non-hydrogen) atoms. The van der Waals surface area contributed by atoms with Gasteiger partial charge in [0, 0.05) is 32.3 Å². The molecule has 1 saturated carbocycles. The highest BCUT2D eigenvalue weighted by molar-refractivity contribution is 5.90. The first-order valence-corrected chi connectivity index (χ1v) is 6.85. The second-order valence-electron chi connectivity index (χ2n) is 5.60. The van der Waals surface area contributed by atoms with E-state index in [1.165, 1.54) is 0 Å². The summed E-state index contributed by atoms with van der Waals surface area (Å²) in [5.41, 5.74) is 1.08. The molecule has 0 spiro atoms. The second-order valence-corrected chi connectivity index (χ2v) is 5.60. The van der Waals surface area contributed by atoms with Crippen molar-refractivity contribution in [1.82, 2.24) is 9.88 Å². The summed E-state index contributed by atoms with van der Waals surface area (Å²) in [6, 6.07) is 3.71. The van der Waals surface area contributed by atoms with Gasteiger partial charge in [0.2, 0.25) is 5.91 Å². The summed E-state index contributed by atoms with van der Waals surface area (Å²) < 4.78 is 0. The van der Waals surface area contributed by atoms with Crippen LogP contribution in [0.2, 0.25) is 0 Å². The Kier molecular flexibility index (Phi) is 3.09. The smallest absolute Gasteiger partial charge is 0.220 e. The number of carbonyl (C=O) groups is 2. The highest BCUT2D eigenvalue weighted by atomic mass is 16.2. The molecule has 4 heteroatoms. The molecular weight excluding hydrogens is 240 g/mol. The monoisotopic (exact) mass is 258 g/mol. The summed E-state index contributed by atoms with van der Waals surface area (Å²) >= 11 is 0. The van der Waals surface area contributed by atoms with Crippen molar-refractivity contribution >= 4 is 11.7 Å². The van der Waals surface area contributed by atoms with Crippen molar-refractivity contribution in [2.24, 2.45) is 11.8 Å². The number of hydrogen-bond acceptors (Lipinski definition) is 3. The van der Waals surface area contributed by atoms with Gasteiger partial charge in [-0.05, 0) is 36.3 Å². The Morgan fingerprint density at radius 1 is 1.47 bits per heavy atom. The Bertz CT molecular complexity index is 500. The predicted molar refractivity (Wildman–Crippen MR) is 70.3 cm³/mol. The molecule has 100 valence electrons. The van der Waals surface area contributed by atoms with Gasteiger partial charge >= 0.3 is 0 Å². The van der Waals surface area contributed by atoms with Crippen molar-refractivity contribution < 1.29 is 9.59 Å². The van der Waals surface area contributed by atoms with Crippen molar-refractivity contribution in [3.05, 3.63) is 30.1 Å². The van der Waals surface area contributed by atoms with E-state index in [-0.39, 0.29) is 17.7 Å². The van der Waals surface area contributed by atoms with Crippen LogP contribution in [0.15, 0.2) is 24.5 Å². The van der Waals surface area contributed by atoms with Crippen molar-refractivity contribution in [3.8, 4) is 0 Å². The lowest BCUT2D eigenvalue weighted by Gasteiger charge is -2.25. The average molecular weight is 258 g/mol. The van der Waals surface area contributed by atoms with E-state index in [1.807, 2.05) is 12.1 Å². The molecule has 0 bridgehead atoms. The molecule has 2 unspecified atom stereocenters. The molecule has 0 aromatic carbocycles. The summed E-state index contributed by atoms with van der Waals surface area (Å²) in [6.07, 6.45) is 5.86. The highest BCUT2D eigenvalue weighted by Gasteiger charge is 2.55. The first-order chi connectivity index (χ1) is 9.16. The molecule has 1 aromatic rings. The SMILES string of the molecule is CC(=O)N1CC2C[C@@H]2C1C(=O)CCc1cccnc1. The first kappa shape index (κ1) is 12.3. The largest absolute Gasteiger partial charge is 0.332 e. The molecule has 3 atom stereocenters. The van der Waals surface area contributed by atoms with Gasteiger partial charge in [0.1, 0.15) is 0 Å². The van der Waals surface area contributed by atoms with E-state index in [1.54, 1.807) is 24.2 Å². The maximum absolute atomic E-state index is 12.4. The number of fused-ring (bicyclic) bond motifs is 1. The van der Waals surface area contributed by atoms with Crippen molar-refractivity contribution in [1.29, 1.82) is 0 Å². The van der Waals surface area contributed by atoms with Crippen LogP contribution in [0, 0.1) is 11.8 Å². The average Bonchev–Trinajstić information content (AvgIpc) is 3.07. The van der Waals surface area contributed by atoms with E-state index in [0.717, 1.165) is 18.5 Å². The predicted octanol–water partition coefficient (Wildman–Crippen LogP) is 1.45. The zero-order valence-corrected chi connectivity index (χ0v) is 11.1. The van der Waals surface area contributed by atoms with Crippen LogP contribution >= 0.6 is 0 Å². The van der Waals surface area contributed by atoms with Crippen LogP contribution in [0.1, 0.15) is 25.3 Å². The van der Waals surface area contributed by atoms with E-state index >= 15 is 0 Å². The van der Waals surface area contributed by atoms with Crippen molar-refractivity contribution in [2.75, 3.05) is 6.54 Å². The molecule has 1 amide bonds. The maximum atomic E-state index is 12.4. The fraction of sp³-hybridized carbons (Fsp3) is 0.533. The number of rotatable bonds is 4. The Hall–Kier alpha value is -1.71. The van der Waals surface area contributed by atoms with Crippen molar-refractivity contribution in [2.45, 2.75) is 32.2 Å². The fourth-order valence-electron chi connectivity index (χ4n) is 3.16. The van der Waals surface area contributed by atoms with E-state index < -0.39 is 0 Å². The Labute approximate surface area is 112 Å². The molecule has 2 heterocycles. The van der Waals surface area contributed by atoms with E-state index in [4.69, 9.17) is 0 Å².